The molecule has 0 radical (unpaired) electrons. The Bertz CT molecular complexity index is 709. The first-order valence-corrected chi connectivity index (χ1v) is 8.21. The van der Waals surface area contributed by atoms with Crippen molar-refractivity contribution in [2.24, 2.45) is 0 Å². The number of Topliss-reactive ketones (excluding diaryl/α,β-unsaturated/α-hetero) is 1. The van der Waals surface area contributed by atoms with E-state index in [0.29, 0.717) is 0 Å². The van der Waals surface area contributed by atoms with Crippen molar-refractivity contribution in [3.05, 3.63) is 71.5 Å². The van der Waals surface area contributed by atoms with Gasteiger partial charge in [0.2, 0.25) is 0 Å². The van der Waals surface area contributed by atoms with Gasteiger partial charge in [-0.3, -0.25) is 4.79 Å². The average Bonchev–Trinajstić information content (AvgIpc) is 2.63. The average molecular weight is 326 g/mol. The van der Waals surface area contributed by atoms with Gasteiger partial charge in [0, 0.05) is 11.5 Å². The Morgan fingerprint density at radius 1 is 0.917 bits per heavy atom. The second-order valence-corrected chi connectivity index (χ2v) is 6.08. The van der Waals surface area contributed by atoms with E-state index < -0.39 is 17.6 Å². The molecule has 1 fully saturated rings. The smallest absolute Gasteiger partial charge is 0.379 e. The van der Waals surface area contributed by atoms with E-state index in [2.05, 4.69) is 0 Å². The van der Waals surface area contributed by atoms with Crippen molar-refractivity contribution in [1.29, 1.82) is 0 Å². The Morgan fingerprint density at radius 3 is 2.29 bits per heavy atom. The van der Waals surface area contributed by atoms with Crippen molar-refractivity contribution in [3.8, 4) is 0 Å². The van der Waals surface area contributed by atoms with Gasteiger partial charge >= 0.3 is 5.97 Å². The van der Waals surface area contributed by atoms with E-state index in [1.54, 1.807) is 0 Å². The molecule has 0 amide bonds. The van der Waals surface area contributed by atoms with Gasteiger partial charge in [0.1, 0.15) is 11.9 Å². The molecule has 3 nitrogen and oxygen atoms in total. The van der Waals surface area contributed by atoms with E-state index in [-0.39, 0.29) is 17.6 Å². The zero-order valence-electron chi connectivity index (χ0n) is 13.3. The van der Waals surface area contributed by atoms with Crippen LogP contribution in [0.2, 0.25) is 0 Å². The molecule has 0 N–H and O–H groups in total. The lowest BCUT2D eigenvalue weighted by Crippen LogP contribution is -2.31. The molecule has 3 rings (SSSR count). The van der Waals surface area contributed by atoms with Crippen LogP contribution in [-0.2, 0) is 9.53 Å². The minimum Gasteiger partial charge on any atom is -0.456 e. The number of hydrogen-bond acceptors (Lipinski definition) is 3. The van der Waals surface area contributed by atoms with Crippen LogP contribution < -0.4 is 0 Å². The number of ether oxygens (including phenoxy) is 1. The zero-order chi connectivity index (χ0) is 16.9. The molecule has 1 aliphatic carbocycles. The minimum absolute atomic E-state index is 0.116. The summed E-state index contributed by atoms with van der Waals surface area (Å²) in [5.74, 6) is -1.93. The summed E-state index contributed by atoms with van der Waals surface area (Å²) in [6, 6.07) is 14.9. The fourth-order valence-corrected chi connectivity index (χ4v) is 3.23. The number of ketones is 1. The summed E-state index contributed by atoms with van der Waals surface area (Å²) in [6.07, 6.45) is 3.46. The van der Waals surface area contributed by atoms with Gasteiger partial charge < -0.3 is 4.74 Å². The van der Waals surface area contributed by atoms with Crippen LogP contribution in [0.1, 0.15) is 47.5 Å². The van der Waals surface area contributed by atoms with Gasteiger partial charge in [0.25, 0.3) is 5.78 Å². The predicted molar refractivity (Wildman–Crippen MR) is 88.3 cm³/mol. The second kappa shape index (κ2) is 7.39. The summed E-state index contributed by atoms with van der Waals surface area (Å²) in [4.78, 5) is 24.4. The topological polar surface area (TPSA) is 43.4 Å². The fraction of sp³-hybridized carbons (Fsp3) is 0.300. The lowest BCUT2D eigenvalue weighted by atomic mass is 9.81. The molecule has 0 spiro atoms. The van der Waals surface area contributed by atoms with Crippen molar-refractivity contribution in [1.82, 2.24) is 0 Å². The van der Waals surface area contributed by atoms with Crippen LogP contribution in [0.15, 0.2) is 54.6 Å². The monoisotopic (exact) mass is 326 g/mol. The van der Waals surface area contributed by atoms with E-state index >= 15 is 0 Å². The standard InChI is InChI=1S/C20H19FO3/c21-16-12-10-15(11-13-16)19(22)20(23)24-18-9-5-4-8-17(18)14-6-2-1-3-7-14/h1-3,6-7,10-13,17-18H,4-5,8-9H2/t17-,18+/m0/s1. The second-order valence-electron chi connectivity index (χ2n) is 6.08. The lowest BCUT2D eigenvalue weighted by Gasteiger charge is -2.31. The summed E-state index contributed by atoms with van der Waals surface area (Å²) in [7, 11) is 0. The Balaban J connectivity index is 1.72. The maximum Gasteiger partial charge on any atom is 0.379 e. The van der Waals surface area contributed by atoms with Crippen molar-refractivity contribution in [2.45, 2.75) is 37.7 Å². The third-order valence-electron chi connectivity index (χ3n) is 4.48. The maximum atomic E-state index is 12.9. The maximum absolute atomic E-state index is 12.9. The number of hydrogen-bond donors (Lipinski definition) is 0. The Labute approximate surface area is 140 Å². The first-order chi connectivity index (χ1) is 11.6. The number of carbonyl (C=O) groups excluding carboxylic acids is 2. The van der Waals surface area contributed by atoms with Crippen LogP contribution in [0.25, 0.3) is 0 Å². The third kappa shape index (κ3) is 3.70. The SMILES string of the molecule is O=C(O[C@@H]1CCCC[C@H]1c1ccccc1)C(=O)c1ccc(F)cc1. The van der Waals surface area contributed by atoms with Gasteiger partial charge in [0.15, 0.2) is 0 Å². The molecule has 2 atom stereocenters. The predicted octanol–water partition coefficient (Wildman–Crippen LogP) is 4.28. The van der Waals surface area contributed by atoms with Gasteiger partial charge in [-0.05, 0) is 49.1 Å². The molecule has 1 saturated carbocycles. The number of esters is 1. The third-order valence-corrected chi connectivity index (χ3v) is 4.48. The van der Waals surface area contributed by atoms with Gasteiger partial charge in [-0.15, -0.1) is 0 Å². The largest absolute Gasteiger partial charge is 0.456 e. The van der Waals surface area contributed by atoms with Crippen molar-refractivity contribution >= 4 is 11.8 Å². The van der Waals surface area contributed by atoms with Gasteiger partial charge in [-0.1, -0.05) is 36.8 Å². The van der Waals surface area contributed by atoms with E-state index in [0.717, 1.165) is 43.4 Å². The Kier molecular flexibility index (Phi) is 5.04. The molecule has 124 valence electrons. The van der Waals surface area contributed by atoms with E-state index in [4.69, 9.17) is 4.74 Å². The normalized spacial score (nSPS) is 20.4. The van der Waals surface area contributed by atoms with Crippen LogP contribution in [0.3, 0.4) is 0 Å². The summed E-state index contributed by atoms with van der Waals surface area (Å²) in [5.41, 5.74) is 1.28. The number of benzene rings is 2. The first-order valence-electron chi connectivity index (χ1n) is 8.21. The molecule has 2 aromatic carbocycles. The molecule has 0 saturated heterocycles. The number of halogens is 1. The number of carbonyl (C=O) groups is 2. The first kappa shape index (κ1) is 16.4. The highest BCUT2D eigenvalue weighted by Crippen LogP contribution is 2.35. The van der Waals surface area contributed by atoms with Crippen molar-refractivity contribution in [3.63, 3.8) is 0 Å². The highest BCUT2D eigenvalue weighted by Gasteiger charge is 2.31. The number of rotatable bonds is 4. The van der Waals surface area contributed by atoms with Gasteiger partial charge in [-0.2, -0.15) is 0 Å². The molecule has 2 aromatic rings. The summed E-state index contributed by atoms with van der Waals surface area (Å²) < 4.78 is 18.5. The van der Waals surface area contributed by atoms with E-state index in [9.17, 15) is 14.0 Å². The highest BCUT2D eigenvalue weighted by molar-refractivity contribution is 6.40. The van der Waals surface area contributed by atoms with Crippen LogP contribution in [-0.4, -0.2) is 17.9 Å². The van der Waals surface area contributed by atoms with Crippen LogP contribution in [0.4, 0.5) is 4.39 Å². The molecule has 0 unspecified atom stereocenters. The highest BCUT2D eigenvalue weighted by atomic mass is 19.1. The molecule has 0 bridgehead atoms. The molecule has 4 heteroatoms. The molecule has 1 aliphatic rings. The molecule has 24 heavy (non-hydrogen) atoms. The minimum atomic E-state index is -0.866. The van der Waals surface area contributed by atoms with Gasteiger partial charge in [0.05, 0.1) is 0 Å². The fourth-order valence-electron chi connectivity index (χ4n) is 3.23. The van der Waals surface area contributed by atoms with E-state index in [1.807, 2.05) is 30.3 Å². The quantitative estimate of drug-likeness (QED) is 0.478. The molecule has 0 heterocycles. The lowest BCUT2D eigenvalue weighted by molar-refractivity contribution is -0.145. The van der Waals surface area contributed by atoms with Crippen molar-refractivity contribution in [2.75, 3.05) is 0 Å². The Morgan fingerprint density at radius 2 is 1.58 bits per heavy atom. The Hall–Kier alpha value is -2.49. The van der Waals surface area contributed by atoms with Crippen LogP contribution in [0.5, 0.6) is 0 Å². The summed E-state index contributed by atoms with van der Waals surface area (Å²) in [5, 5.41) is 0. The van der Waals surface area contributed by atoms with Crippen LogP contribution >= 0.6 is 0 Å². The molecular formula is C20H19FO3. The molecule has 0 aliphatic heterocycles. The van der Waals surface area contributed by atoms with Crippen molar-refractivity contribution < 1.29 is 18.7 Å². The molecule has 0 aromatic heterocycles. The zero-order valence-corrected chi connectivity index (χ0v) is 13.3. The molecular weight excluding hydrogens is 307 g/mol. The van der Waals surface area contributed by atoms with Gasteiger partial charge in [-0.25, -0.2) is 9.18 Å². The summed E-state index contributed by atoms with van der Waals surface area (Å²) in [6.45, 7) is 0. The van der Waals surface area contributed by atoms with E-state index in [1.165, 1.54) is 12.1 Å². The summed E-state index contributed by atoms with van der Waals surface area (Å²) >= 11 is 0. The van der Waals surface area contributed by atoms with Crippen LogP contribution in [0, 0.1) is 5.82 Å².